The zero-order chi connectivity index (χ0) is 18.5. The van der Waals surface area contributed by atoms with Crippen molar-refractivity contribution in [2.24, 2.45) is 0 Å². The van der Waals surface area contributed by atoms with Crippen molar-refractivity contribution in [3.63, 3.8) is 0 Å². The van der Waals surface area contributed by atoms with Crippen LogP contribution in [0.25, 0.3) is 0 Å². The minimum atomic E-state index is -0.391. The van der Waals surface area contributed by atoms with Crippen LogP contribution in [0.5, 0.6) is 0 Å². The Kier molecular flexibility index (Phi) is 5.78. The molecule has 1 aliphatic rings. The van der Waals surface area contributed by atoms with E-state index in [1.165, 1.54) is 23.8 Å². The molecule has 0 radical (unpaired) electrons. The van der Waals surface area contributed by atoms with Crippen LogP contribution in [-0.4, -0.2) is 45.3 Å². The molecule has 1 atom stereocenters. The van der Waals surface area contributed by atoms with E-state index in [2.05, 4.69) is 63.6 Å². The maximum atomic E-state index is 11.6. The van der Waals surface area contributed by atoms with Crippen molar-refractivity contribution in [3.8, 4) is 0 Å². The Hall–Kier alpha value is -2.53. The Bertz CT molecular complexity index is 743. The van der Waals surface area contributed by atoms with E-state index in [1.54, 1.807) is 0 Å². The average Bonchev–Trinajstić information content (AvgIpc) is 2.68. The number of carbonyl (C=O) groups excluding carboxylic acids is 1. The van der Waals surface area contributed by atoms with Crippen LogP contribution < -0.4 is 10.2 Å². The number of amides is 1. The monoisotopic (exact) mass is 353 g/mol. The number of nitrogens with one attached hydrogen (secondary N) is 1. The first-order valence-electron chi connectivity index (χ1n) is 8.98. The van der Waals surface area contributed by atoms with E-state index < -0.39 is 6.09 Å². The second-order valence-corrected chi connectivity index (χ2v) is 6.86. The maximum absolute atomic E-state index is 11.6. The van der Waals surface area contributed by atoms with Gasteiger partial charge in [-0.1, -0.05) is 36.4 Å². The summed E-state index contributed by atoms with van der Waals surface area (Å²) in [6.45, 7) is 2.38. The molecule has 0 bridgehead atoms. The van der Waals surface area contributed by atoms with Gasteiger partial charge in [-0.3, -0.25) is 4.90 Å². The van der Waals surface area contributed by atoms with E-state index >= 15 is 0 Å². The van der Waals surface area contributed by atoms with Gasteiger partial charge in [0.05, 0.1) is 13.2 Å². The normalized spacial score (nSPS) is 15.0. The standard InChI is InChI=1S/C21H27N3O2/c1-23(2)19-10-8-17(9-11-19)20(14-22-21(25)26-3)24-13-12-16-6-4-5-7-18(16)15-24/h4-11,20H,12-15H2,1-3H3,(H,22,25)/t20-/m1/s1. The molecule has 1 heterocycles. The number of hydrogen-bond donors (Lipinski definition) is 1. The number of rotatable bonds is 5. The molecule has 5 nitrogen and oxygen atoms in total. The van der Waals surface area contributed by atoms with Crippen LogP contribution in [0, 0.1) is 0 Å². The third-order valence-electron chi connectivity index (χ3n) is 5.02. The van der Waals surface area contributed by atoms with Crippen LogP contribution in [0.4, 0.5) is 10.5 Å². The van der Waals surface area contributed by atoms with E-state index in [0.29, 0.717) is 6.54 Å². The molecule has 1 amide bonds. The lowest BCUT2D eigenvalue weighted by molar-refractivity contribution is 0.151. The first-order chi connectivity index (χ1) is 12.6. The van der Waals surface area contributed by atoms with Gasteiger partial charge in [-0.05, 0) is 35.2 Å². The minimum absolute atomic E-state index is 0.110. The van der Waals surface area contributed by atoms with E-state index in [0.717, 1.165) is 25.2 Å². The SMILES string of the molecule is COC(=O)NC[C@H](c1ccc(N(C)C)cc1)N1CCc2ccccc2C1. The van der Waals surface area contributed by atoms with Crippen LogP contribution in [-0.2, 0) is 17.7 Å². The highest BCUT2D eigenvalue weighted by Crippen LogP contribution is 2.28. The zero-order valence-electron chi connectivity index (χ0n) is 15.7. The van der Waals surface area contributed by atoms with Crippen molar-refractivity contribution in [2.45, 2.75) is 19.0 Å². The van der Waals surface area contributed by atoms with Gasteiger partial charge in [0.15, 0.2) is 0 Å². The number of fused-ring (bicyclic) bond motifs is 1. The van der Waals surface area contributed by atoms with Crippen molar-refractivity contribution in [3.05, 3.63) is 65.2 Å². The van der Waals surface area contributed by atoms with Crippen LogP contribution in [0.1, 0.15) is 22.7 Å². The maximum Gasteiger partial charge on any atom is 0.406 e. The molecule has 1 N–H and O–H groups in total. The molecule has 138 valence electrons. The fraction of sp³-hybridized carbons (Fsp3) is 0.381. The number of anilines is 1. The zero-order valence-corrected chi connectivity index (χ0v) is 15.7. The highest BCUT2D eigenvalue weighted by molar-refractivity contribution is 5.67. The van der Waals surface area contributed by atoms with Crippen molar-refractivity contribution in [1.82, 2.24) is 10.2 Å². The second kappa shape index (κ2) is 8.23. The van der Waals surface area contributed by atoms with Crippen molar-refractivity contribution in [2.75, 3.05) is 39.2 Å². The van der Waals surface area contributed by atoms with Gasteiger partial charge in [0, 0.05) is 39.4 Å². The van der Waals surface area contributed by atoms with Gasteiger partial charge in [0.1, 0.15) is 0 Å². The molecule has 0 fully saturated rings. The van der Waals surface area contributed by atoms with Crippen LogP contribution in [0.3, 0.4) is 0 Å². The van der Waals surface area contributed by atoms with E-state index in [9.17, 15) is 4.79 Å². The van der Waals surface area contributed by atoms with Crippen molar-refractivity contribution in [1.29, 1.82) is 0 Å². The Morgan fingerprint density at radius 2 is 1.85 bits per heavy atom. The molecular weight excluding hydrogens is 326 g/mol. The molecule has 26 heavy (non-hydrogen) atoms. The van der Waals surface area contributed by atoms with Gasteiger partial charge in [-0.2, -0.15) is 0 Å². The van der Waals surface area contributed by atoms with Gasteiger partial charge in [0.25, 0.3) is 0 Å². The molecule has 0 aliphatic carbocycles. The van der Waals surface area contributed by atoms with Gasteiger partial charge in [-0.15, -0.1) is 0 Å². The van der Waals surface area contributed by atoms with Gasteiger partial charge < -0.3 is 15.0 Å². The summed E-state index contributed by atoms with van der Waals surface area (Å²) in [7, 11) is 5.47. The number of ether oxygens (including phenoxy) is 1. The summed E-state index contributed by atoms with van der Waals surface area (Å²) < 4.78 is 4.76. The number of nitrogens with zero attached hydrogens (tertiary/aromatic N) is 2. The fourth-order valence-corrected chi connectivity index (χ4v) is 3.49. The Morgan fingerprint density at radius 1 is 1.15 bits per heavy atom. The van der Waals surface area contributed by atoms with E-state index in [-0.39, 0.29) is 6.04 Å². The Labute approximate surface area is 155 Å². The predicted molar refractivity (Wildman–Crippen MR) is 104 cm³/mol. The largest absolute Gasteiger partial charge is 0.453 e. The lowest BCUT2D eigenvalue weighted by Crippen LogP contribution is -2.40. The molecule has 0 spiro atoms. The molecule has 0 saturated heterocycles. The number of hydrogen-bond acceptors (Lipinski definition) is 4. The predicted octanol–water partition coefficient (Wildman–Crippen LogP) is 3.21. The number of methoxy groups -OCH3 is 1. The molecular formula is C21H27N3O2. The van der Waals surface area contributed by atoms with Crippen LogP contribution in [0.15, 0.2) is 48.5 Å². The fourth-order valence-electron chi connectivity index (χ4n) is 3.49. The first-order valence-corrected chi connectivity index (χ1v) is 8.98. The van der Waals surface area contributed by atoms with Crippen LogP contribution in [0.2, 0.25) is 0 Å². The van der Waals surface area contributed by atoms with E-state index in [4.69, 9.17) is 4.74 Å². The number of carbonyl (C=O) groups is 1. The first kappa shape index (κ1) is 18.3. The molecule has 0 aromatic heterocycles. The average molecular weight is 353 g/mol. The highest BCUT2D eigenvalue weighted by Gasteiger charge is 2.25. The number of alkyl carbamates (subject to hydrolysis) is 1. The van der Waals surface area contributed by atoms with Gasteiger partial charge >= 0.3 is 6.09 Å². The van der Waals surface area contributed by atoms with Crippen molar-refractivity contribution >= 4 is 11.8 Å². The molecule has 2 aromatic carbocycles. The van der Waals surface area contributed by atoms with Crippen molar-refractivity contribution < 1.29 is 9.53 Å². The topological polar surface area (TPSA) is 44.8 Å². The molecule has 3 rings (SSSR count). The summed E-state index contributed by atoms with van der Waals surface area (Å²) in [5.74, 6) is 0. The second-order valence-electron chi connectivity index (χ2n) is 6.86. The van der Waals surface area contributed by atoms with Gasteiger partial charge in [0.2, 0.25) is 0 Å². The molecule has 0 unspecified atom stereocenters. The van der Waals surface area contributed by atoms with Gasteiger partial charge in [-0.25, -0.2) is 4.79 Å². The molecule has 0 saturated carbocycles. The summed E-state index contributed by atoms with van der Waals surface area (Å²) in [6, 6.07) is 17.3. The quantitative estimate of drug-likeness (QED) is 0.897. The third-order valence-corrected chi connectivity index (χ3v) is 5.02. The van der Waals surface area contributed by atoms with Crippen LogP contribution >= 0.6 is 0 Å². The summed E-state index contributed by atoms with van der Waals surface area (Å²) in [4.78, 5) is 16.1. The molecule has 2 aromatic rings. The summed E-state index contributed by atoms with van der Waals surface area (Å²) >= 11 is 0. The smallest absolute Gasteiger partial charge is 0.406 e. The summed E-state index contributed by atoms with van der Waals surface area (Å²) in [5.41, 5.74) is 5.15. The number of benzene rings is 2. The van der Waals surface area contributed by atoms with E-state index in [1.807, 2.05) is 14.1 Å². The Balaban J connectivity index is 1.82. The summed E-state index contributed by atoms with van der Waals surface area (Å²) in [5, 5.41) is 2.88. The third kappa shape index (κ3) is 4.17. The lowest BCUT2D eigenvalue weighted by Gasteiger charge is -2.36. The Morgan fingerprint density at radius 3 is 2.50 bits per heavy atom. The molecule has 5 heteroatoms. The minimum Gasteiger partial charge on any atom is -0.453 e. The summed E-state index contributed by atoms with van der Waals surface area (Å²) in [6.07, 6.45) is 0.637. The lowest BCUT2D eigenvalue weighted by atomic mass is 9.96. The molecule has 1 aliphatic heterocycles. The highest BCUT2D eigenvalue weighted by atomic mass is 16.5.